The molecule has 1 aromatic carbocycles. The van der Waals surface area contributed by atoms with Gasteiger partial charge in [0.25, 0.3) is 5.56 Å². The molecule has 1 aliphatic carbocycles. The van der Waals surface area contributed by atoms with Crippen LogP contribution in [-0.4, -0.2) is 81.9 Å². The second kappa shape index (κ2) is 10.3. The van der Waals surface area contributed by atoms with Crippen molar-refractivity contribution >= 4 is 10.9 Å². The topological polar surface area (TPSA) is 101 Å². The summed E-state index contributed by atoms with van der Waals surface area (Å²) in [6, 6.07) is 5.63. The van der Waals surface area contributed by atoms with E-state index in [0.29, 0.717) is 22.6 Å². The largest absolute Gasteiger partial charge is 0.493 e. The fraction of sp³-hybridized carbons (Fsp3) is 0.600. The average Bonchev–Trinajstić information content (AvgIpc) is 3.38. The molecule has 1 atom stereocenters. The van der Waals surface area contributed by atoms with E-state index in [1.807, 2.05) is 16.8 Å². The molecule has 10 heteroatoms. The van der Waals surface area contributed by atoms with Crippen molar-refractivity contribution in [1.29, 1.82) is 0 Å². The van der Waals surface area contributed by atoms with Crippen molar-refractivity contribution in [3.05, 3.63) is 39.9 Å². The molecule has 0 amide bonds. The summed E-state index contributed by atoms with van der Waals surface area (Å²) in [4.78, 5) is 21.4. The number of nitrogens with zero attached hydrogens (tertiary/aromatic N) is 6. The van der Waals surface area contributed by atoms with Crippen molar-refractivity contribution in [3.63, 3.8) is 0 Å². The Labute approximate surface area is 205 Å². The lowest BCUT2D eigenvalue weighted by atomic mass is 9.95. The zero-order valence-electron chi connectivity index (χ0n) is 20.9. The van der Waals surface area contributed by atoms with Crippen LogP contribution >= 0.6 is 0 Å². The molecular weight excluding hydrogens is 446 g/mol. The van der Waals surface area contributed by atoms with Crippen LogP contribution in [0.15, 0.2) is 23.0 Å². The second-order valence-corrected chi connectivity index (χ2v) is 9.49. The highest BCUT2D eigenvalue weighted by molar-refractivity contribution is 5.83. The molecule has 35 heavy (non-hydrogen) atoms. The minimum absolute atomic E-state index is 0.133. The number of piperazine rings is 1. The van der Waals surface area contributed by atoms with Crippen LogP contribution in [0, 0.1) is 0 Å². The van der Waals surface area contributed by atoms with Crippen LogP contribution in [0.3, 0.4) is 0 Å². The van der Waals surface area contributed by atoms with E-state index in [-0.39, 0.29) is 17.6 Å². The molecule has 1 N–H and O–H groups in total. The number of hydrogen-bond donors (Lipinski definition) is 1. The molecule has 3 aromatic rings. The van der Waals surface area contributed by atoms with Crippen LogP contribution in [0.4, 0.5) is 0 Å². The number of fused-ring (bicyclic) bond motifs is 1. The molecule has 5 rings (SSSR count). The first-order valence-corrected chi connectivity index (χ1v) is 12.7. The molecule has 1 saturated heterocycles. The lowest BCUT2D eigenvalue weighted by Crippen LogP contribution is -2.49. The molecule has 3 heterocycles. The fourth-order valence-electron chi connectivity index (χ4n) is 5.56. The first-order valence-electron chi connectivity index (χ1n) is 12.7. The lowest BCUT2D eigenvalue weighted by Gasteiger charge is -2.38. The number of aromatic amines is 1. The van der Waals surface area contributed by atoms with Gasteiger partial charge in [-0.15, -0.1) is 5.10 Å². The zero-order valence-corrected chi connectivity index (χ0v) is 20.9. The van der Waals surface area contributed by atoms with E-state index in [1.165, 1.54) is 19.3 Å². The lowest BCUT2D eigenvalue weighted by molar-refractivity contribution is 0.106. The summed E-state index contributed by atoms with van der Waals surface area (Å²) in [5, 5.41) is 13.9. The van der Waals surface area contributed by atoms with E-state index in [2.05, 4.69) is 37.2 Å². The Bertz CT molecular complexity index is 1210. The summed E-state index contributed by atoms with van der Waals surface area (Å²) in [5.74, 6) is 1.96. The van der Waals surface area contributed by atoms with Crippen LogP contribution in [0.25, 0.3) is 10.9 Å². The molecule has 0 radical (unpaired) electrons. The van der Waals surface area contributed by atoms with Gasteiger partial charge >= 0.3 is 0 Å². The van der Waals surface area contributed by atoms with Crippen LogP contribution < -0.4 is 15.0 Å². The van der Waals surface area contributed by atoms with E-state index in [1.54, 1.807) is 20.3 Å². The van der Waals surface area contributed by atoms with Crippen molar-refractivity contribution in [3.8, 4) is 11.5 Å². The van der Waals surface area contributed by atoms with Gasteiger partial charge in [0.2, 0.25) is 0 Å². The van der Waals surface area contributed by atoms with E-state index < -0.39 is 0 Å². The van der Waals surface area contributed by atoms with Crippen LogP contribution in [0.5, 0.6) is 11.5 Å². The maximum atomic E-state index is 13.5. The maximum absolute atomic E-state index is 13.5. The Balaban J connectivity index is 1.62. The number of likely N-dealkylation sites (N-methyl/N-ethyl adjacent to an activating group) is 1. The number of tetrazole rings is 1. The number of H-pyrrole nitrogens is 1. The summed E-state index contributed by atoms with van der Waals surface area (Å²) in [7, 11) is 3.21. The van der Waals surface area contributed by atoms with Gasteiger partial charge in [0.1, 0.15) is 6.04 Å². The predicted octanol–water partition coefficient (Wildman–Crippen LogP) is 2.76. The van der Waals surface area contributed by atoms with Crippen molar-refractivity contribution in [2.24, 2.45) is 0 Å². The normalized spacial score (nSPS) is 19.2. The number of pyridine rings is 1. The number of hydrogen-bond acceptors (Lipinski definition) is 8. The van der Waals surface area contributed by atoms with Gasteiger partial charge in [-0.05, 0) is 41.9 Å². The van der Waals surface area contributed by atoms with Gasteiger partial charge in [-0.1, -0.05) is 26.2 Å². The standard InChI is InChI=1S/C25H35N7O3/c1-4-30-10-12-31(13-11-30)23(24-27-28-29-32(24)18-8-6-5-7-9-18)19-14-17-15-21(34-2)22(35-3)16-20(17)26-25(19)33/h14-16,18,23H,4-13H2,1-3H3,(H,26,33)/t23-/m1/s1. The summed E-state index contributed by atoms with van der Waals surface area (Å²) in [5.41, 5.74) is 1.23. The first-order chi connectivity index (χ1) is 17.1. The van der Waals surface area contributed by atoms with E-state index in [0.717, 1.165) is 56.8 Å². The highest BCUT2D eigenvalue weighted by atomic mass is 16.5. The zero-order chi connectivity index (χ0) is 24.4. The van der Waals surface area contributed by atoms with Gasteiger partial charge in [-0.25, -0.2) is 4.68 Å². The summed E-state index contributed by atoms with van der Waals surface area (Å²) in [6.07, 6.45) is 5.76. The Kier molecular flexibility index (Phi) is 7.01. The van der Waals surface area contributed by atoms with Gasteiger partial charge in [0, 0.05) is 43.2 Å². The molecular formula is C25H35N7O3. The van der Waals surface area contributed by atoms with Crippen molar-refractivity contribution in [2.45, 2.75) is 51.1 Å². The molecule has 0 bridgehead atoms. The summed E-state index contributed by atoms with van der Waals surface area (Å²) >= 11 is 0. The molecule has 0 spiro atoms. The molecule has 188 valence electrons. The fourth-order valence-corrected chi connectivity index (χ4v) is 5.56. The number of benzene rings is 1. The SMILES string of the molecule is CCN1CCN([C@H](c2cc3cc(OC)c(OC)cc3[nH]c2=O)c2nnnn2C2CCCCC2)CC1. The molecule has 2 fully saturated rings. The minimum atomic E-state index is -0.327. The third kappa shape index (κ3) is 4.64. The quantitative estimate of drug-likeness (QED) is 0.550. The van der Waals surface area contributed by atoms with Crippen molar-refractivity contribution < 1.29 is 9.47 Å². The Morgan fingerprint density at radius 3 is 2.43 bits per heavy atom. The smallest absolute Gasteiger partial charge is 0.253 e. The van der Waals surface area contributed by atoms with Gasteiger partial charge in [-0.3, -0.25) is 9.69 Å². The van der Waals surface area contributed by atoms with Crippen LogP contribution in [0.1, 0.15) is 62.5 Å². The number of nitrogens with one attached hydrogen (secondary N) is 1. The molecule has 0 unspecified atom stereocenters. The third-order valence-corrected chi connectivity index (χ3v) is 7.57. The number of methoxy groups -OCH3 is 2. The Morgan fingerprint density at radius 1 is 1.03 bits per heavy atom. The monoisotopic (exact) mass is 481 g/mol. The van der Waals surface area contributed by atoms with Crippen LogP contribution in [-0.2, 0) is 0 Å². The van der Waals surface area contributed by atoms with Gasteiger partial charge < -0.3 is 19.4 Å². The molecule has 1 aliphatic heterocycles. The number of aromatic nitrogens is 5. The van der Waals surface area contributed by atoms with E-state index in [9.17, 15) is 4.79 Å². The molecule has 10 nitrogen and oxygen atoms in total. The minimum Gasteiger partial charge on any atom is -0.493 e. The second-order valence-electron chi connectivity index (χ2n) is 9.49. The van der Waals surface area contributed by atoms with E-state index >= 15 is 0 Å². The highest BCUT2D eigenvalue weighted by Gasteiger charge is 2.34. The molecule has 2 aromatic heterocycles. The number of ether oxygens (including phenoxy) is 2. The highest BCUT2D eigenvalue weighted by Crippen LogP contribution is 2.35. The van der Waals surface area contributed by atoms with Gasteiger partial charge in [-0.2, -0.15) is 0 Å². The maximum Gasteiger partial charge on any atom is 0.253 e. The van der Waals surface area contributed by atoms with Crippen molar-refractivity contribution in [1.82, 2.24) is 35.0 Å². The van der Waals surface area contributed by atoms with Gasteiger partial charge in [0.05, 0.1) is 25.8 Å². The average molecular weight is 482 g/mol. The van der Waals surface area contributed by atoms with E-state index in [4.69, 9.17) is 9.47 Å². The van der Waals surface area contributed by atoms with Gasteiger partial charge in [0.15, 0.2) is 17.3 Å². The predicted molar refractivity (Wildman–Crippen MR) is 133 cm³/mol. The van der Waals surface area contributed by atoms with Crippen LogP contribution in [0.2, 0.25) is 0 Å². The molecule has 2 aliphatic rings. The van der Waals surface area contributed by atoms with Crippen molar-refractivity contribution in [2.75, 3.05) is 46.9 Å². The summed E-state index contributed by atoms with van der Waals surface area (Å²) < 4.78 is 12.9. The first kappa shape index (κ1) is 23.7. The third-order valence-electron chi connectivity index (χ3n) is 7.57. The Morgan fingerprint density at radius 2 is 1.74 bits per heavy atom. The summed E-state index contributed by atoms with van der Waals surface area (Å²) in [6.45, 7) is 6.81. The Hall–Kier alpha value is -2.98. The molecule has 1 saturated carbocycles. The number of rotatable bonds is 7.